The minimum absolute atomic E-state index is 0.0406. The van der Waals surface area contributed by atoms with E-state index >= 15 is 0 Å². The number of likely N-dealkylation sites (tertiary alicyclic amines) is 1. The van der Waals surface area contributed by atoms with Crippen molar-refractivity contribution in [3.63, 3.8) is 0 Å². The molecule has 30 heavy (non-hydrogen) atoms. The van der Waals surface area contributed by atoms with E-state index in [0.29, 0.717) is 5.56 Å². The van der Waals surface area contributed by atoms with E-state index in [-0.39, 0.29) is 11.9 Å². The van der Waals surface area contributed by atoms with Crippen molar-refractivity contribution < 1.29 is 4.79 Å². The topological polar surface area (TPSA) is 50.2 Å². The van der Waals surface area contributed by atoms with Crippen LogP contribution in [0.15, 0.2) is 60.8 Å². The van der Waals surface area contributed by atoms with Crippen molar-refractivity contribution in [2.45, 2.75) is 39.2 Å². The molecule has 3 aromatic rings. The molecule has 0 saturated carbocycles. The number of carbonyl (C=O) groups excluding carboxylic acids is 1. The molecular weight excluding hydrogens is 372 g/mol. The van der Waals surface area contributed by atoms with Crippen LogP contribution in [-0.4, -0.2) is 46.3 Å². The predicted molar refractivity (Wildman–Crippen MR) is 121 cm³/mol. The van der Waals surface area contributed by atoms with Gasteiger partial charge in [-0.2, -0.15) is 5.10 Å². The Kier molecular flexibility index (Phi) is 6.29. The van der Waals surface area contributed by atoms with Gasteiger partial charge in [0, 0.05) is 30.9 Å². The van der Waals surface area contributed by atoms with Crippen LogP contribution in [0.4, 0.5) is 0 Å². The lowest BCUT2D eigenvalue weighted by Crippen LogP contribution is -2.44. The highest BCUT2D eigenvalue weighted by atomic mass is 16.1. The molecule has 0 unspecified atom stereocenters. The van der Waals surface area contributed by atoms with Crippen LogP contribution in [0.1, 0.15) is 42.1 Å². The second-order valence-corrected chi connectivity index (χ2v) is 8.13. The van der Waals surface area contributed by atoms with Crippen LogP contribution in [0, 0.1) is 6.92 Å². The van der Waals surface area contributed by atoms with E-state index in [1.807, 2.05) is 48.7 Å². The first kappa shape index (κ1) is 20.4. The van der Waals surface area contributed by atoms with Gasteiger partial charge < -0.3 is 10.2 Å². The minimum atomic E-state index is -0.0406. The van der Waals surface area contributed by atoms with Crippen LogP contribution in [0.3, 0.4) is 0 Å². The molecule has 1 aliphatic rings. The number of rotatable bonds is 6. The highest BCUT2D eigenvalue weighted by Gasteiger charge is 2.24. The van der Waals surface area contributed by atoms with Crippen LogP contribution in [-0.2, 0) is 0 Å². The molecule has 1 aromatic heterocycles. The molecule has 1 aliphatic heterocycles. The maximum atomic E-state index is 13.2. The SMILES string of the molecule is CCCN1CCC(NC(=O)c2cn(-c3ccc(C)cc3)nc2-c2ccccc2)CC1. The molecule has 156 valence electrons. The third kappa shape index (κ3) is 4.62. The molecule has 0 radical (unpaired) electrons. The van der Waals surface area contributed by atoms with E-state index in [1.54, 1.807) is 4.68 Å². The van der Waals surface area contributed by atoms with E-state index < -0.39 is 0 Å². The van der Waals surface area contributed by atoms with Gasteiger partial charge in [-0.15, -0.1) is 0 Å². The van der Waals surface area contributed by atoms with Crippen molar-refractivity contribution >= 4 is 5.91 Å². The van der Waals surface area contributed by atoms with E-state index in [1.165, 1.54) is 12.0 Å². The molecule has 2 aromatic carbocycles. The van der Waals surface area contributed by atoms with Crippen LogP contribution in [0.25, 0.3) is 16.9 Å². The zero-order valence-corrected chi connectivity index (χ0v) is 17.8. The van der Waals surface area contributed by atoms with Gasteiger partial charge in [0.15, 0.2) is 0 Å². The standard InChI is InChI=1S/C25H30N4O/c1-3-15-28-16-13-21(14-17-28)26-25(30)23-18-29(22-11-9-19(2)10-12-22)27-24(23)20-7-5-4-6-8-20/h4-12,18,21H,3,13-17H2,1-2H3,(H,26,30). The lowest BCUT2D eigenvalue weighted by atomic mass is 10.0. The van der Waals surface area contributed by atoms with E-state index in [4.69, 9.17) is 5.10 Å². The summed E-state index contributed by atoms with van der Waals surface area (Å²) in [4.78, 5) is 15.7. The highest BCUT2D eigenvalue weighted by molar-refractivity contribution is 6.00. The summed E-state index contributed by atoms with van der Waals surface area (Å²) in [6.07, 6.45) is 5.03. The summed E-state index contributed by atoms with van der Waals surface area (Å²) in [5, 5.41) is 8.04. The molecule has 1 N–H and O–H groups in total. The van der Waals surface area contributed by atoms with Crippen molar-refractivity contribution in [1.29, 1.82) is 0 Å². The van der Waals surface area contributed by atoms with Gasteiger partial charge in [-0.1, -0.05) is 55.0 Å². The van der Waals surface area contributed by atoms with Crippen molar-refractivity contribution in [1.82, 2.24) is 20.0 Å². The lowest BCUT2D eigenvalue weighted by molar-refractivity contribution is 0.0912. The summed E-state index contributed by atoms with van der Waals surface area (Å²) >= 11 is 0. The molecule has 2 heterocycles. The first-order chi connectivity index (χ1) is 14.6. The van der Waals surface area contributed by atoms with Gasteiger partial charge in [0.05, 0.1) is 11.3 Å². The zero-order valence-electron chi connectivity index (χ0n) is 17.8. The number of piperidine rings is 1. The summed E-state index contributed by atoms with van der Waals surface area (Å²) in [7, 11) is 0. The Balaban J connectivity index is 1.58. The monoisotopic (exact) mass is 402 g/mol. The largest absolute Gasteiger partial charge is 0.349 e. The quantitative estimate of drug-likeness (QED) is 0.663. The van der Waals surface area contributed by atoms with Gasteiger partial charge in [0.1, 0.15) is 5.69 Å². The number of aromatic nitrogens is 2. The average molecular weight is 403 g/mol. The zero-order chi connectivity index (χ0) is 20.9. The minimum Gasteiger partial charge on any atom is -0.349 e. The van der Waals surface area contributed by atoms with Crippen LogP contribution >= 0.6 is 0 Å². The second kappa shape index (κ2) is 9.26. The second-order valence-electron chi connectivity index (χ2n) is 8.13. The number of nitrogens with one attached hydrogen (secondary N) is 1. The molecule has 4 rings (SSSR count). The van der Waals surface area contributed by atoms with Gasteiger partial charge in [0.25, 0.3) is 5.91 Å². The molecule has 1 amide bonds. The highest BCUT2D eigenvalue weighted by Crippen LogP contribution is 2.24. The number of amides is 1. The van der Waals surface area contributed by atoms with Gasteiger partial charge in [-0.05, 0) is 44.9 Å². The Bertz CT molecular complexity index is 970. The molecule has 1 saturated heterocycles. The van der Waals surface area contributed by atoms with Crippen LogP contribution < -0.4 is 5.32 Å². The number of benzene rings is 2. The third-order valence-electron chi connectivity index (χ3n) is 5.77. The molecule has 5 heteroatoms. The van der Waals surface area contributed by atoms with Crippen molar-refractivity contribution in [2.24, 2.45) is 0 Å². The Morgan fingerprint density at radius 3 is 2.43 bits per heavy atom. The smallest absolute Gasteiger partial charge is 0.255 e. The normalized spacial score (nSPS) is 15.3. The number of carbonyl (C=O) groups is 1. The number of aryl methyl sites for hydroxylation is 1. The molecular formula is C25H30N4O. The molecule has 0 atom stereocenters. The summed E-state index contributed by atoms with van der Waals surface area (Å²) in [5.74, 6) is -0.0406. The number of nitrogens with zero attached hydrogens (tertiary/aromatic N) is 3. The van der Waals surface area contributed by atoms with E-state index in [2.05, 4.69) is 36.2 Å². The van der Waals surface area contributed by atoms with E-state index in [9.17, 15) is 4.79 Å². The Morgan fingerprint density at radius 1 is 1.07 bits per heavy atom. The maximum Gasteiger partial charge on any atom is 0.255 e. The molecule has 0 spiro atoms. The Hall–Kier alpha value is -2.92. The van der Waals surface area contributed by atoms with Gasteiger partial charge in [0.2, 0.25) is 0 Å². The first-order valence-electron chi connectivity index (χ1n) is 10.9. The first-order valence-corrected chi connectivity index (χ1v) is 10.9. The summed E-state index contributed by atoms with van der Waals surface area (Å²) in [6, 6.07) is 18.3. The fourth-order valence-corrected chi connectivity index (χ4v) is 4.06. The molecule has 1 fully saturated rings. The summed E-state index contributed by atoms with van der Waals surface area (Å²) in [5.41, 5.74) is 4.44. The van der Waals surface area contributed by atoms with Crippen molar-refractivity contribution in [3.8, 4) is 16.9 Å². The third-order valence-corrected chi connectivity index (χ3v) is 5.77. The fourth-order valence-electron chi connectivity index (χ4n) is 4.06. The van der Waals surface area contributed by atoms with Crippen molar-refractivity contribution in [2.75, 3.05) is 19.6 Å². The summed E-state index contributed by atoms with van der Waals surface area (Å²) < 4.78 is 1.81. The maximum absolute atomic E-state index is 13.2. The van der Waals surface area contributed by atoms with Gasteiger partial charge in [-0.25, -0.2) is 4.68 Å². The lowest BCUT2D eigenvalue weighted by Gasteiger charge is -2.32. The number of hydrogen-bond donors (Lipinski definition) is 1. The molecule has 0 aliphatic carbocycles. The van der Waals surface area contributed by atoms with Crippen LogP contribution in [0.5, 0.6) is 0 Å². The average Bonchev–Trinajstić information content (AvgIpc) is 3.22. The molecule has 5 nitrogen and oxygen atoms in total. The fraction of sp³-hybridized carbons (Fsp3) is 0.360. The summed E-state index contributed by atoms with van der Waals surface area (Å²) in [6.45, 7) is 7.51. The van der Waals surface area contributed by atoms with Crippen LogP contribution in [0.2, 0.25) is 0 Å². The van der Waals surface area contributed by atoms with E-state index in [0.717, 1.165) is 49.4 Å². The van der Waals surface area contributed by atoms with Crippen molar-refractivity contribution in [3.05, 3.63) is 71.9 Å². The number of hydrogen-bond acceptors (Lipinski definition) is 3. The Morgan fingerprint density at radius 2 is 1.77 bits per heavy atom. The Labute approximate surface area is 178 Å². The van der Waals surface area contributed by atoms with Gasteiger partial charge >= 0.3 is 0 Å². The predicted octanol–water partition coefficient (Wildman–Crippen LogP) is 4.45. The van der Waals surface area contributed by atoms with Gasteiger partial charge in [-0.3, -0.25) is 4.79 Å². The molecule has 0 bridgehead atoms.